The molecule has 0 amide bonds. The number of hydrogen-bond acceptors (Lipinski definition) is 3. The minimum absolute atomic E-state index is 0.245. The number of benzene rings is 1. The van der Waals surface area contributed by atoms with Crippen LogP contribution in [-0.4, -0.2) is 13.1 Å². The summed E-state index contributed by atoms with van der Waals surface area (Å²) in [4.78, 5) is 9.59. The summed E-state index contributed by atoms with van der Waals surface area (Å²) in [5.41, 5.74) is 1.33. The maximum absolute atomic E-state index is 9.59. The number of methoxy groups -OCH3 is 1. The molecule has 3 nitrogen and oxygen atoms in total. The van der Waals surface area contributed by atoms with Crippen LogP contribution < -0.4 is 0 Å². The standard InChI is InChI=1S/C6H2Cl2O.C3H6O2/c7-5-3-1-2-4(9-3)6(5)8;1-3(4)5-2/h1-2H;1-2H3. The predicted octanol–water partition coefficient (Wildman–Crippen LogP) is 3.36. The number of carbonyl (C=O) groups is 1. The lowest BCUT2D eigenvalue weighted by atomic mass is 10.4. The van der Waals surface area contributed by atoms with E-state index in [4.69, 9.17) is 27.6 Å². The molecule has 0 N–H and O–H groups in total. The van der Waals surface area contributed by atoms with Gasteiger partial charge < -0.3 is 9.15 Å². The Hall–Kier alpha value is -0.930. The zero-order chi connectivity index (χ0) is 10.7. The molecule has 0 aromatic carbocycles. The molecule has 0 unspecified atom stereocenters. The molecule has 14 heavy (non-hydrogen) atoms. The molecule has 0 saturated heterocycles. The second kappa shape index (κ2) is 4.53. The lowest BCUT2D eigenvalue weighted by molar-refractivity contribution is -0.137. The van der Waals surface area contributed by atoms with Gasteiger partial charge in [-0.25, -0.2) is 0 Å². The average Bonchev–Trinajstić information content (AvgIpc) is 2.72. The van der Waals surface area contributed by atoms with E-state index >= 15 is 0 Å². The van der Waals surface area contributed by atoms with Crippen molar-refractivity contribution < 1.29 is 13.9 Å². The number of fused-ring (bicyclic) bond motifs is 2. The van der Waals surface area contributed by atoms with Gasteiger partial charge in [-0.3, -0.25) is 4.79 Å². The molecule has 0 atom stereocenters. The second-order valence-electron chi connectivity index (χ2n) is 2.49. The Labute approximate surface area is 90.9 Å². The van der Waals surface area contributed by atoms with Crippen LogP contribution in [-0.2, 0) is 9.53 Å². The molecule has 2 aromatic rings. The molecule has 76 valence electrons. The molecule has 2 rings (SSSR count). The first-order valence-electron chi connectivity index (χ1n) is 3.76. The summed E-state index contributed by atoms with van der Waals surface area (Å²) < 4.78 is 9.19. The third-order valence-electron chi connectivity index (χ3n) is 1.52. The van der Waals surface area contributed by atoms with Gasteiger partial charge in [0.05, 0.1) is 7.11 Å². The van der Waals surface area contributed by atoms with Gasteiger partial charge in [-0.1, -0.05) is 23.2 Å². The molecule has 0 radical (unpaired) electrons. The lowest BCUT2D eigenvalue weighted by Crippen LogP contribution is -1.88. The van der Waals surface area contributed by atoms with Crippen LogP contribution in [0.4, 0.5) is 0 Å². The van der Waals surface area contributed by atoms with Gasteiger partial charge in [0.25, 0.3) is 0 Å². The van der Waals surface area contributed by atoms with Crippen molar-refractivity contribution >= 4 is 40.3 Å². The Kier molecular flexibility index (Phi) is 3.61. The Morgan fingerprint density at radius 1 is 1.29 bits per heavy atom. The highest BCUT2D eigenvalue weighted by Gasteiger charge is 2.11. The van der Waals surface area contributed by atoms with Gasteiger partial charge in [0, 0.05) is 6.92 Å². The first-order valence-corrected chi connectivity index (χ1v) is 4.52. The third kappa shape index (κ3) is 2.30. The van der Waals surface area contributed by atoms with Crippen molar-refractivity contribution in [2.45, 2.75) is 6.92 Å². The lowest BCUT2D eigenvalue weighted by Gasteiger charge is -1.81. The van der Waals surface area contributed by atoms with Crippen LogP contribution in [0.1, 0.15) is 6.92 Å². The van der Waals surface area contributed by atoms with Crippen molar-refractivity contribution in [2.75, 3.05) is 7.11 Å². The van der Waals surface area contributed by atoms with Crippen LogP contribution in [0.2, 0.25) is 10.0 Å². The van der Waals surface area contributed by atoms with Gasteiger partial charge in [0.1, 0.15) is 21.2 Å². The summed E-state index contributed by atoms with van der Waals surface area (Å²) in [5.74, 6) is -0.245. The highest BCUT2D eigenvalue weighted by molar-refractivity contribution is 6.46. The van der Waals surface area contributed by atoms with E-state index in [0.717, 1.165) is 0 Å². The summed E-state index contributed by atoms with van der Waals surface area (Å²) >= 11 is 11.3. The van der Waals surface area contributed by atoms with E-state index in [1.54, 1.807) is 12.1 Å². The number of esters is 1. The molecule has 2 bridgehead atoms. The van der Waals surface area contributed by atoms with Crippen LogP contribution >= 0.6 is 23.2 Å². The third-order valence-corrected chi connectivity index (χ3v) is 2.37. The number of carbonyl (C=O) groups excluding carboxylic acids is 1. The van der Waals surface area contributed by atoms with Crippen LogP contribution in [0.5, 0.6) is 0 Å². The fourth-order valence-corrected chi connectivity index (χ4v) is 1.18. The van der Waals surface area contributed by atoms with E-state index in [1.807, 2.05) is 0 Å². The minimum Gasteiger partial charge on any atom is -0.469 e. The van der Waals surface area contributed by atoms with Gasteiger partial charge in [-0.15, -0.1) is 0 Å². The largest absolute Gasteiger partial charge is 0.469 e. The van der Waals surface area contributed by atoms with Crippen LogP contribution in [0.15, 0.2) is 16.5 Å². The van der Waals surface area contributed by atoms with Gasteiger partial charge >= 0.3 is 5.97 Å². The van der Waals surface area contributed by atoms with Gasteiger partial charge in [-0.2, -0.15) is 0 Å². The number of ether oxygens (including phenoxy) is 1. The fraction of sp³-hybridized carbons (Fsp3) is 0.222. The van der Waals surface area contributed by atoms with Crippen molar-refractivity contribution in [3.05, 3.63) is 22.2 Å². The smallest absolute Gasteiger partial charge is 0.302 e. The predicted molar refractivity (Wildman–Crippen MR) is 55.1 cm³/mol. The fourth-order valence-electron chi connectivity index (χ4n) is 0.790. The van der Waals surface area contributed by atoms with Crippen LogP contribution in [0, 0.1) is 0 Å². The zero-order valence-electron chi connectivity index (χ0n) is 7.64. The molecule has 0 fully saturated rings. The summed E-state index contributed by atoms with van der Waals surface area (Å²) in [6.07, 6.45) is 0. The SMILES string of the molecule is COC(C)=O.Clc1c(Cl)c2ccc1o2. The second-order valence-corrected chi connectivity index (χ2v) is 3.24. The van der Waals surface area contributed by atoms with E-state index in [2.05, 4.69) is 4.74 Å². The number of halogens is 2. The average molecular weight is 235 g/mol. The summed E-state index contributed by atoms with van der Waals surface area (Å²) in [7, 11) is 1.35. The van der Waals surface area contributed by atoms with Crippen LogP contribution in [0.3, 0.4) is 0 Å². The first kappa shape index (κ1) is 11.1. The normalized spacial score (nSPS) is 9.71. The van der Waals surface area contributed by atoms with Gasteiger partial charge in [-0.05, 0) is 12.1 Å². The molecular weight excluding hydrogens is 227 g/mol. The Morgan fingerprint density at radius 3 is 1.79 bits per heavy atom. The topological polar surface area (TPSA) is 39.4 Å². The highest BCUT2D eigenvalue weighted by Crippen LogP contribution is 2.36. The number of furan rings is 2. The van der Waals surface area contributed by atoms with Gasteiger partial charge in [0.15, 0.2) is 0 Å². The van der Waals surface area contributed by atoms with Crippen molar-refractivity contribution in [1.82, 2.24) is 0 Å². The van der Waals surface area contributed by atoms with E-state index in [0.29, 0.717) is 21.2 Å². The quantitative estimate of drug-likeness (QED) is 0.657. The summed E-state index contributed by atoms with van der Waals surface area (Å²) in [6.45, 7) is 1.36. The first-order chi connectivity index (χ1) is 6.56. The number of rotatable bonds is 0. The molecule has 5 heteroatoms. The Morgan fingerprint density at radius 2 is 1.64 bits per heavy atom. The Balaban J connectivity index is 0.000000171. The molecule has 0 saturated carbocycles. The Bertz CT molecular complexity index is 391. The maximum atomic E-state index is 9.59. The summed E-state index contributed by atoms with van der Waals surface area (Å²) in [5, 5.41) is 1.04. The number of hydrogen-bond donors (Lipinski definition) is 0. The molecule has 0 aliphatic carbocycles. The zero-order valence-corrected chi connectivity index (χ0v) is 9.15. The van der Waals surface area contributed by atoms with Crippen molar-refractivity contribution in [3.8, 4) is 0 Å². The van der Waals surface area contributed by atoms with Crippen molar-refractivity contribution in [1.29, 1.82) is 0 Å². The minimum atomic E-state index is -0.245. The molecule has 0 spiro atoms. The monoisotopic (exact) mass is 234 g/mol. The van der Waals surface area contributed by atoms with E-state index in [-0.39, 0.29) is 5.97 Å². The molecular formula is C9H8Cl2O3. The molecule has 0 aliphatic rings. The summed E-state index contributed by atoms with van der Waals surface area (Å²) in [6, 6.07) is 3.59. The van der Waals surface area contributed by atoms with Crippen LogP contribution in [0.25, 0.3) is 11.2 Å². The van der Waals surface area contributed by atoms with E-state index < -0.39 is 0 Å². The highest BCUT2D eigenvalue weighted by atomic mass is 35.5. The van der Waals surface area contributed by atoms with E-state index in [1.165, 1.54) is 14.0 Å². The molecule has 2 heterocycles. The van der Waals surface area contributed by atoms with Gasteiger partial charge in [0.2, 0.25) is 0 Å². The molecule has 2 aromatic heterocycles. The van der Waals surface area contributed by atoms with Crippen molar-refractivity contribution in [3.63, 3.8) is 0 Å². The van der Waals surface area contributed by atoms with Crippen molar-refractivity contribution in [2.24, 2.45) is 0 Å². The molecule has 0 aliphatic heterocycles. The van der Waals surface area contributed by atoms with E-state index in [9.17, 15) is 4.79 Å². The maximum Gasteiger partial charge on any atom is 0.302 e.